The zero-order chi connectivity index (χ0) is 18.3. The highest BCUT2D eigenvalue weighted by Gasteiger charge is 2.19. The molecule has 0 aliphatic carbocycles. The van der Waals surface area contributed by atoms with Gasteiger partial charge in [0.2, 0.25) is 5.91 Å². The van der Waals surface area contributed by atoms with Gasteiger partial charge in [-0.05, 0) is 29.8 Å². The van der Waals surface area contributed by atoms with Crippen molar-refractivity contribution in [3.63, 3.8) is 0 Å². The van der Waals surface area contributed by atoms with E-state index in [2.05, 4.69) is 15.6 Å². The predicted octanol–water partition coefficient (Wildman–Crippen LogP) is 2.06. The molecule has 0 aliphatic rings. The number of sulfonamides is 1. The molecule has 0 saturated heterocycles. The number of nitrogens with one attached hydrogen (secondary N) is 3. The van der Waals surface area contributed by atoms with Crippen LogP contribution in [0.15, 0.2) is 46.0 Å². The van der Waals surface area contributed by atoms with Crippen LogP contribution in [0.3, 0.4) is 0 Å². The standard InChI is InChI=1S/C15H17N3O4S3/c1-23-10-8-13(19)16-17-15(20)11-5-2-3-6-12(11)18-25(21,22)14-7-4-9-24-14/h2-7,9,18H,8,10H2,1H3,(H,16,19)(H,17,20). The smallest absolute Gasteiger partial charge is 0.271 e. The van der Waals surface area contributed by atoms with Gasteiger partial charge in [0.25, 0.3) is 15.9 Å². The fourth-order valence-corrected chi connectivity index (χ4v) is 4.29. The van der Waals surface area contributed by atoms with E-state index in [1.165, 1.54) is 30.0 Å². The molecule has 3 N–H and O–H groups in total. The summed E-state index contributed by atoms with van der Waals surface area (Å²) >= 11 is 2.59. The lowest BCUT2D eigenvalue weighted by molar-refractivity contribution is -0.121. The summed E-state index contributed by atoms with van der Waals surface area (Å²) in [6.45, 7) is 0. The summed E-state index contributed by atoms with van der Waals surface area (Å²) in [5.74, 6) is -0.292. The largest absolute Gasteiger partial charge is 0.278 e. The summed E-state index contributed by atoms with van der Waals surface area (Å²) in [7, 11) is -3.77. The number of thioether (sulfide) groups is 1. The molecule has 0 aliphatic heterocycles. The SMILES string of the molecule is CSCCC(=O)NNC(=O)c1ccccc1NS(=O)(=O)c1cccs1. The number of anilines is 1. The molecule has 1 heterocycles. The van der Waals surface area contributed by atoms with E-state index in [9.17, 15) is 18.0 Å². The molecular formula is C15H17N3O4S3. The Kier molecular flexibility index (Phi) is 6.85. The first-order valence-corrected chi connectivity index (χ1v) is 10.9. The van der Waals surface area contributed by atoms with Gasteiger partial charge in [0.05, 0.1) is 11.3 Å². The summed E-state index contributed by atoms with van der Waals surface area (Å²) in [6, 6.07) is 9.27. The van der Waals surface area contributed by atoms with Crippen LogP contribution in [0.2, 0.25) is 0 Å². The van der Waals surface area contributed by atoms with Crippen molar-refractivity contribution in [2.45, 2.75) is 10.6 Å². The van der Waals surface area contributed by atoms with Gasteiger partial charge < -0.3 is 0 Å². The summed E-state index contributed by atoms with van der Waals surface area (Å²) in [5, 5.41) is 1.65. The third-order valence-electron chi connectivity index (χ3n) is 3.02. The summed E-state index contributed by atoms with van der Waals surface area (Å²) < 4.78 is 27.2. The fourth-order valence-electron chi connectivity index (χ4n) is 1.83. The van der Waals surface area contributed by atoms with Gasteiger partial charge in [0, 0.05) is 12.2 Å². The molecule has 0 unspecified atom stereocenters. The molecule has 0 atom stereocenters. The summed E-state index contributed by atoms with van der Waals surface area (Å²) in [6.07, 6.45) is 2.15. The van der Waals surface area contributed by atoms with Crippen LogP contribution in [-0.2, 0) is 14.8 Å². The second-order valence-electron chi connectivity index (χ2n) is 4.83. The average Bonchev–Trinajstić information content (AvgIpc) is 3.13. The fraction of sp³-hybridized carbons (Fsp3) is 0.200. The van der Waals surface area contributed by atoms with E-state index >= 15 is 0 Å². The van der Waals surface area contributed by atoms with E-state index in [1.807, 2.05) is 6.26 Å². The second-order valence-corrected chi connectivity index (χ2v) is 8.67. The maximum absolute atomic E-state index is 12.3. The first-order chi connectivity index (χ1) is 11.9. The minimum Gasteiger partial charge on any atom is -0.278 e. The molecule has 10 heteroatoms. The van der Waals surface area contributed by atoms with Crippen LogP contribution in [0.1, 0.15) is 16.8 Å². The van der Waals surface area contributed by atoms with Crippen LogP contribution in [0.25, 0.3) is 0 Å². The number of para-hydroxylation sites is 1. The van der Waals surface area contributed by atoms with Crippen LogP contribution < -0.4 is 15.6 Å². The van der Waals surface area contributed by atoms with Crippen molar-refractivity contribution in [1.29, 1.82) is 0 Å². The molecule has 1 aromatic carbocycles. The zero-order valence-electron chi connectivity index (χ0n) is 13.3. The van der Waals surface area contributed by atoms with Crippen LogP contribution in [0.5, 0.6) is 0 Å². The molecule has 134 valence electrons. The topological polar surface area (TPSA) is 104 Å². The molecular weight excluding hydrogens is 382 g/mol. The minimum atomic E-state index is -3.77. The van der Waals surface area contributed by atoms with Gasteiger partial charge in [-0.3, -0.25) is 25.2 Å². The highest BCUT2D eigenvalue weighted by Crippen LogP contribution is 2.22. The van der Waals surface area contributed by atoms with Gasteiger partial charge >= 0.3 is 0 Å². The zero-order valence-corrected chi connectivity index (χ0v) is 15.8. The van der Waals surface area contributed by atoms with E-state index in [0.29, 0.717) is 5.75 Å². The molecule has 25 heavy (non-hydrogen) atoms. The van der Waals surface area contributed by atoms with Crippen LogP contribution in [-0.4, -0.2) is 32.2 Å². The number of carbonyl (C=O) groups excluding carboxylic acids is 2. The quantitative estimate of drug-likeness (QED) is 0.618. The minimum absolute atomic E-state index is 0.104. The molecule has 0 fully saturated rings. The number of carbonyl (C=O) groups is 2. The van der Waals surface area contributed by atoms with Crippen molar-refractivity contribution >= 4 is 50.6 Å². The van der Waals surface area contributed by atoms with E-state index in [4.69, 9.17) is 0 Å². The monoisotopic (exact) mass is 399 g/mol. The molecule has 1 aromatic heterocycles. The van der Waals surface area contributed by atoms with E-state index in [-0.39, 0.29) is 27.8 Å². The average molecular weight is 400 g/mol. The van der Waals surface area contributed by atoms with Gasteiger partial charge in [-0.1, -0.05) is 18.2 Å². The lowest BCUT2D eigenvalue weighted by Crippen LogP contribution is -2.42. The first-order valence-electron chi connectivity index (χ1n) is 7.17. The predicted molar refractivity (Wildman–Crippen MR) is 100 cm³/mol. The third-order valence-corrected chi connectivity index (χ3v) is 6.40. The van der Waals surface area contributed by atoms with Crippen molar-refractivity contribution in [3.05, 3.63) is 47.3 Å². The van der Waals surface area contributed by atoms with E-state index < -0.39 is 15.9 Å². The van der Waals surface area contributed by atoms with Gasteiger partial charge in [0.1, 0.15) is 4.21 Å². The van der Waals surface area contributed by atoms with Crippen molar-refractivity contribution in [3.8, 4) is 0 Å². The molecule has 0 bridgehead atoms. The number of hydrazine groups is 1. The maximum Gasteiger partial charge on any atom is 0.271 e. The van der Waals surface area contributed by atoms with Gasteiger partial charge in [-0.2, -0.15) is 11.8 Å². The van der Waals surface area contributed by atoms with Crippen LogP contribution in [0.4, 0.5) is 5.69 Å². The van der Waals surface area contributed by atoms with Gasteiger partial charge in [-0.25, -0.2) is 8.42 Å². The van der Waals surface area contributed by atoms with E-state index in [1.54, 1.807) is 23.6 Å². The Morgan fingerprint density at radius 3 is 2.56 bits per heavy atom. The summed E-state index contributed by atoms with van der Waals surface area (Å²) in [4.78, 5) is 23.8. The summed E-state index contributed by atoms with van der Waals surface area (Å²) in [5.41, 5.74) is 4.83. The van der Waals surface area contributed by atoms with Crippen molar-refractivity contribution in [2.75, 3.05) is 16.7 Å². The molecule has 0 saturated carbocycles. The Morgan fingerprint density at radius 1 is 1.12 bits per heavy atom. The Bertz CT molecular complexity index is 835. The number of thiophene rings is 1. The van der Waals surface area contributed by atoms with Crippen LogP contribution >= 0.6 is 23.1 Å². The molecule has 2 aromatic rings. The van der Waals surface area contributed by atoms with Gasteiger partial charge in [0.15, 0.2) is 0 Å². The lowest BCUT2D eigenvalue weighted by atomic mass is 10.2. The second kappa shape index (κ2) is 8.88. The highest BCUT2D eigenvalue weighted by atomic mass is 32.2. The van der Waals surface area contributed by atoms with Crippen molar-refractivity contribution in [2.24, 2.45) is 0 Å². The van der Waals surface area contributed by atoms with Crippen molar-refractivity contribution < 1.29 is 18.0 Å². The number of benzene rings is 1. The molecule has 0 spiro atoms. The van der Waals surface area contributed by atoms with E-state index in [0.717, 1.165) is 11.3 Å². The maximum atomic E-state index is 12.3. The molecule has 7 nitrogen and oxygen atoms in total. The Morgan fingerprint density at radius 2 is 1.88 bits per heavy atom. The number of hydrogen-bond acceptors (Lipinski definition) is 6. The normalized spacial score (nSPS) is 10.9. The van der Waals surface area contributed by atoms with Gasteiger partial charge in [-0.15, -0.1) is 11.3 Å². The molecule has 0 radical (unpaired) electrons. The number of hydrogen-bond donors (Lipinski definition) is 3. The Balaban J connectivity index is 2.10. The van der Waals surface area contributed by atoms with Crippen molar-refractivity contribution in [1.82, 2.24) is 10.9 Å². The van der Waals surface area contributed by atoms with Crippen LogP contribution in [0, 0.1) is 0 Å². The third kappa shape index (κ3) is 5.48. The first kappa shape index (κ1) is 19.3. The number of rotatable bonds is 7. The molecule has 2 amide bonds. The Hall–Kier alpha value is -2.04. The molecule has 2 rings (SSSR count). The highest BCUT2D eigenvalue weighted by molar-refractivity contribution is 7.98. The lowest BCUT2D eigenvalue weighted by Gasteiger charge is -2.12. The number of amides is 2. The Labute approximate surface area is 154 Å².